The maximum atomic E-state index is 14.5. The predicted molar refractivity (Wildman–Crippen MR) is 193 cm³/mol. The molecular formula is C38H43Cl2N3O7. The average molecular weight is 725 g/mol. The molecule has 3 aromatic rings. The summed E-state index contributed by atoms with van der Waals surface area (Å²) in [5, 5.41) is 23.9. The molecule has 0 saturated carbocycles. The first-order chi connectivity index (χ1) is 23.9. The number of aliphatic carboxylic acids is 1. The van der Waals surface area contributed by atoms with Gasteiger partial charge in [0.2, 0.25) is 5.91 Å². The number of ether oxygens (including phenoxy) is 2. The molecule has 0 aliphatic carbocycles. The Kier molecular flexibility index (Phi) is 12.4. The van der Waals surface area contributed by atoms with Crippen LogP contribution in [-0.2, 0) is 20.9 Å². The second kappa shape index (κ2) is 16.7. The first kappa shape index (κ1) is 37.2. The minimum Gasteiger partial charge on any atom is -0.490 e. The largest absolute Gasteiger partial charge is 0.490 e. The van der Waals surface area contributed by atoms with Crippen LogP contribution in [0.5, 0.6) is 11.5 Å². The third-order valence-electron chi connectivity index (χ3n) is 9.16. The van der Waals surface area contributed by atoms with E-state index < -0.39 is 24.5 Å². The van der Waals surface area contributed by atoms with E-state index in [0.717, 1.165) is 27.8 Å². The van der Waals surface area contributed by atoms with Gasteiger partial charge in [-0.3, -0.25) is 14.4 Å². The molecule has 1 fully saturated rings. The van der Waals surface area contributed by atoms with E-state index in [1.807, 2.05) is 75.4 Å². The molecule has 0 spiro atoms. The molecule has 2 heterocycles. The van der Waals surface area contributed by atoms with Gasteiger partial charge in [0.25, 0.3) is 5.91 Å². The lowest BCUT2D eigenvalue weighted by atomic mass is 9.82. The topological polar surface area (TPSA) is 129 Å². The summed E-state index contributed by atoms with van der Waals surface area (Å²) in [7, 11) is 0. The third kappa shape index (κ3) is 9.17. The lowest BCUT2D eigenvalue weighted by Gasteiger charge is -2.45. The van der Waals surface area contributed by atoms with Crippen molar-refractivity contribution in [2.45, 2.75) is 64.8 Å². The van der Waals surface area contributed by atoms with Crippen molar-refractivity contribution in [1.29, 1.82) is 0 Å². The molecule has 266 valence electrons. The lowest BCUT2D eigenvalue weighted by Crippen LogP contribution is -2.62. The standard InChI is InChI=1S/C38H43Cl2N3O7/c1-4-42(20-26-7-5-6-8-31(26)39)38(48)37-30(17-27-21-43(22-33(37)41-27)35(45)18-28(44)19-36(46)47)25-9-11-29(12-10-25)49-13-14-50-34-16-24(3)23(2)15-32(34)40/h5-12,15-16,27-28,33,41,44H,4,13-14,17-22H2,1-3H3,(H,46,47)/t27-,28-,33-/m1/s1. The fourth-order valence-electron chi connectivity index (χ4n) is 6.43. The summed E-state index contributed by atoms with van der Waals surface area (Å²) in [6.07, 6.45) is -1.62. The number of rotatable bonds is 14. The number of hydrogen-bond donors (Lipinski definition) is 3. The van der Waals surface area contributed by atoms with E-state index in [1.54, 1.807) is 15.9 Å². The number of carboxylic acids is 1. The van der Waals surface area contributed by atoms with E-state index in [1.165, 1.54) is 0 Å². The molecule has 50 heavy (non-hydrogen) atoms. The summed E-state index contributed by atoms with van der Waals surface area (Å²) in [5.41, 5.74) is 5.34. The number of aliphatic hydroxyl groups excluding tert-OH is 1. The second-order valence-electron chi connectivity index (χ2n) is 12.8. The molecule has 2 amide bonds. The zero-order valence-electron chi connectivity index (χ0n) is 28.5. The lowest BCUT2D eigenvalue weighted by molar-refractivity contribution is -0.141. The quantitative estimate of drug-likeness (QED) is 0.182. The molecule has 0 aromatic heterocycles. The van der Waals surface area contributed by atoms with Crippen molar-refractivity contribution in [2.24, 2.45) is 0 Å². The van der Waals surface area contributed by atoms with E-state index in [4.69, 9.17) is 37.8 Å². The number of benzene rings is 3. The Balaban J connectivity index is 1.36. The number of halogens is 2. The molecule has 3 aromatic carbocycles. The number of nitrogens with zero attached hydrogens (tertiary/aromatic N) is 2. The molecule has 2 aliphatic rings. The number of nitrogens with one attached hydrogen (secondary N) is 1. The Morgan fingerprint density at radius 3 is 2.36 bits per heavy atom. The van der Waals surface area contributed by atoms with Crippen molar-refractivity contribution in [3.63, 3.8) is 0 Å². The molecule has 2 bridgehead atoms. The Bertz CT molecular complexity index is 1750. The monoisotopic (exact) mass is 723 g/mol. The summed E-state index contributed by atoms with van der Waals surface area (Å²) in [4.78, 5) is 42.1. The molecular weight excluding hydrogens is 681 g/mol. The summed E-state index contributed by atoms with van der Waals surface area (Å²) < 4.78 is 11.8. The van der Waals surface area contributed by atoms with Gasteiger partial charge >= 0.3 is 5.97 Å². The van der Waals surface area contributed by atoms with Gasteiger partial charge in [-0.25, -0.2) is 0 Å². The minimum atomic E-state index is -1.29. The number of piperazine rings is 1. The minimum absolute atomic E-state index is 0.148. The van der Waals surface area contributed by atoms with Crippen molar-refractivity contribution >= 4 is 46.6 Å². The van der Waals surface area contributed by atoms with Crippen LogP contribution in [0.15, 0.2) is 66.2 Å². The Hall–Kier alpha value is -4.09. The van der Waals surface area contributed by atoms with Crippen LogP contribution >= 0.6 is 23.2 Å². The predicted octanol–water partition coefficient (Wildman–Crippen LogP) is 5.67. The van der Waals surface area contributed by atoms with Crippen LogP contribution in [0.1, 0.15) is 48.4 Å². The van der Waals surface area contributed by atoms with E-state index in [9.17, 15) is 19.5 Å². The summed E-state index contributed by atoms with van der Waals surface area (Å²) in [6.45, 7) is 7.85. The van der Waals surface area contributed by atoms with Crippen LogP contribution in [0.3, 0.4) is 0 Å². The van der Waals surface area contributed by atoms with Crippen molar-refractivity contribution in [1.82, 2.24) is 15.1 Å². The van der Waals surface area contributed by atoms with Crippen LogP contribution in [-0.4, -0.2) is 88.8 Å². The van der Waals surface area contributed by atoms with Gasteiger partial charge in [-0.15, -0.1) is 0 Å². The Labute approximate surface area is 302 Å². The van der Waals surface area contributed by atoms with E-state index in [2.05, 4.69) is 5.32 Å². The van der Waals surface area contributed by atoms with Gasteiger partial charge in [0, 0.05) is 42.8 Å². The molecule has 10 nitrogen and oxygen atoms in total. The SMILES string of the molecule is CCN(Cc1ccccc1Cl)C(=O)C1=C(c2ccc(OCCOc3cc(C)c(C)cc3Cl)cc2)C[C@@H]2CN(C(=O)C[C@@H](O)CC(=O)O)C[C@H]1N2. The summed E-state index contributed by atoms with van der Waals surface area (Å²) in [5.74, 6) is -0.424. The number of aliphatic hydroxyl groups is 1. The Morgan fingerprint density at radius 2 is 1.66 bits per heavy atom. The summed E-state index contributed by atoms with van der Waals surface area (Å²) in [6, 6.07) is 18.2. The number of fused-ring (bicyclic) bond motifs is 2. The number of likely N-dealkylation sites (N-methyl/N-ethyl adjacent to an activating group) is 1. The number of carboxylic acid groups (broad SMARTS) is 1. The number of carbonyl (C=O) groups is 3. The summed E-state index contributed by atoms with van der Waals surface area (Å²) >= 11 is 12.8. The van der Waals surface area contributed by atoms with E-state index in [0.29, 0.717) is 66.4 Å². The van der Waals surface area contributed by atoms with Crippen molar-refractivity contribution in [2.75, 3.05) is 32.8 Å². The fraction of sp³-hybridized carbons (Fsp3) is 0.395. The zero-order chi connectivity index (χ0) is 35.9. The molecule has 0 unspecified atom stereocenters. The average Bonchev–Trinajstić information content (AvgIpc) is 3.07. The normalized spacial score (nSPS) is 17.7. The van der Waals surface area contributed by atoms with Gasteiger partial charge in [-0.2, -0.15) is 0 Å². The molecule has 3 N–H and O–H groups in total. The number of hydrogen-bond acceptors (Lipinski definition) is 7. The second-order valence-corrected chi connectivity index (χ2v) is 13.6. The van der Waals surface area contributed by atoms with Gasteiger partial charge in [-0.05, 0) is 85.4 Å². The number of carbonyl (C=O) groups excluding carboxylic acids is 2. The van der Waals surface area contributed by atoms with E-state index >= 15 is 0 Å². The number of amides is 2. The highest BCUT2D eigenvalue weighted by molar-refractivity contribution is 6.32. The highest BCUT2D eigenvalue weighted by atomic mass is 35.5. The van der Waals surface area contributed by atoms with Crippen molar-refractivity contribution in [3.05, 3.63) is 98.5 Å². The van der Waals surface area contributed by atoms with Crippen LogP contribution in [0.2, 0.25) is 10.0 Å². The first-order valence-electron chi connectivity index (χ1n) is 16.8. The zero-order valence-corrected chi connectivity index (χ0v) is 30.0. The van der Waals surface area contributed by atoms with Gasteiger partial charge < -0.3 is 34.8 Å². The highest BCUT2D eigenvalue weighted by Crippen LogP contribution is 2.36. The van der Waals surface area contributed by atoms with Gasteiger partial charge in [0.15, 0.2) is 0 Å². The van der Waals surface area contributed by atoms with Crippen LogP contribution < -0.4 is 14.8 Å². The maximum Gasteiger partial charge on any atom is 0.305 e. The molecule has 1 saturated heterocycles. The maximum absolute atomic E-state index is 14.5. The molecule has 12 heteroatoms. The van der Waals surface area contributed by atoms with Crippen LogP contribution in [0, 0.1) is 13.8 Å². The van der Waals surface area contributed by atoms with Crippen molar-refractivity contribution < 1.29 is 34.1 Å². The molecule has 3 atom stereocenters. The third-order valence-corrected chi connectivity index (χ3v) is 9.82. The smallest absolute Gasteiger partial charge is 0.305 e. The highest BCUT2D eigenvalue weighted by Gasteiger charge is 2.41. The van der Waals surface area contributed by atoms with Gasteiger partial charge in [0.1, 0.15) is 24.7 Å². The molecule has 2 aliphatic heterocycles. The Morgan fingerprint density at radius 1 is 0.960 bits per heavy atom. The molecule has 5 rings (SSSR count). The van der Waals surface area contributed by atoms with Crippen LogP contribution in [0.25, 0.3) is 5.57 Å². The van der Waals surface area contributed by atoms with Crippen LogP contribution in [0.4, 0.5) is 0 Å². The fourth-order valence-corrected chi connectivity index (χ4v) is 6.90. The van der Waals surface area contributed by atoms with E-state index in [-0.39, 0.29) is 30.8 Å². The number of aryl methyl sites for hydroxylation is 2. The van der Waals surface area contributed by atoms with Crippen molar-refractivity contribution in [3.8, 4) is 11.5 Å². The van der Waals surface area contributed by atoms with Gasteiger partial charge in [-0.1, -0.05) is 53.5 Å². The first-order valence-corrected chi connectivity index (χ1v) is 17.5. The van der Waals surface area contributed by atoms with Gasteiger partial charge in [0.05, 0.1) is 30.0 Å². The molecule has 0 radical (unpaired) electrons.